The maximum Gasteiger partial charge on any atom is 0.364 e. The van der Waals surface area contributed by atoms with Crippen LogP contribution >= 0.6 is 0 Å². The highest BCUT2D eigenvalue weighted by Crippen LogP contribution is 2.43. The molecule has 0 saturated carbocycles. The summed E-state index contributed by atoms with van der Waals surface area (Å²) in [7, 11) is 0. The van der Waals surface area contributed by atoms with Gasteiger partial charge in [0.15, 0.2) is 12.6 Å². The van der Waals surface area contributed by atoms with Crippen molar-refractivity contribution in [3.05, 3.63) is 12.2 Å². The highest BCUT2D eigenvalue weighted by molar-refractivity contribution is 5.79. The van der Waals surface area contributed by atoms with Crippen LogP contribution in [-0.2, 0) is 80.9 Å². The van der Waals surface area contributed by atoms with Crippen molar-refractivity contribution in [3.8, 4) is 0 Å². The number of amides is 4. The Labute approximate surface area is 761 Å². The number of aliphatic hydroxyl groups is 17. The van der Waals surface area contributed by atoms with Crippen LogP contribution in [0.15, 0.2) is 12.2 Å². The lowest BCUT2D eigenvalue weighted by molar-refractivity contribution is -0.388. The number of aliphatic hydroxyl groups excluding tert-OH is 17. The standard InChI is InChI=1S/C89H158N4O37/c1-6-8-10-12-14-16-18-20-21-22-23-24-25-26-27-28-29-31-33-35-37-39-41-43-66(107)93-56(57(102)42-40-38-36-34-32-30-19-17-15-13-11-9-7-2)52-121-82-75(113)74(112)77(65(51-98)123-82)124-83-76(114)81(71(109)62(48-95)122-83)130-89(86(119)120)46-60(105)69(92-55(5)101)80(129-89)73(111)64(50-97)126-88(85(117)118)45-59(104)68(91-54(4)100)79(128-88)72(110)63(49-96)125-87(84(115)116)44-58(103)67(90-53(3)99)78(127-87)70(108)61(106)47-94/h40,42,56-65,67-83,94-98,102-106,108-114H,6-39,41,43-52H2,1-5H3,(H,90,99)(H,91,100)(H,92,101)(H,93,107)(H,115,116)(H,117,118)(H,119,120). The van der Waals surface area contributed by atoms with Gasteiger partial charge >= 0.3 is 17.9 Å². The number of carboxylic acids is 3. The lowest BCUT2D eigenvalue weighted by atomic mass is 9.86. The molecule has 0 aromatic rings. The second-order valence-electron chi connectivity index (χ2n) is 35.7. The number of hydrogen-bond donors (Lipinski definition) is 24. The third-order valence-electron chi connectivity index (χ3n) is 25.0. The monoisotopic (exact) mass is 1880 g/mol. The van der Waals surface area contributed by atoms with Crippen LogP contribution in [0, 0.1) is 0 Å². The van der Waals surface area contributed by atoms with E-state index in [1.807, 2.05) is 0 Å². The number of rotatable bonds is 67. The number of unbranched alkanes of at least 4 members (excludes halogenated alkanes) is 33. The molecule has 5 heterocycles. The summed E-state index contributed by atoms with van der Waals surface area (Å²) < 4.78 is 58.3. The summed E-state index contributed by atoms with van der Waals surface area (Å²) in [5.41, 5.74) is 0. The van der Waals surface area contributed by atoms with Crippen LogP contribution < -0.4 is 21.3 Å². The minimum Gasteiger partial charge on any atom is -0.477 e. The number of nitrogens with one attached hydrogen (secondary N) is 4. The van der Waals surface area contributed by atoms with Crippen molar-refractivity contribution < 1.29 is 183 Å². The molecule has 756 valence electrons. The highest BCUT2D eigenvalue weighted by Gasteiger charge is 2.64. The van der Waals surface area contributed by atoms with Gasteiger partial charge in [-0.15, -0.1) is 0 Å². The molecule has 130 heavy (non-hydrogen) atoms. The van der Waals surface area contributed by atoms with Crippen LogP contribution in [0.1, 0.15) is 285 Å². The Morgan fingerprint density at radius 2 is 0.769 bits per heavy atom. The lowest BCUT2D eigenvalue weighted by Gasteiger charge is -2.51. The first-order chi connectivity index (χ1) is 62.0. The summed E-state index contributed by atoms with van der Waals surface area (Å²) in [6.07, 6.45) is -11.4. The number of carbonyl (C=O) groups is 7. The van der Waals surface area contributed by atoms with E-state index in [0.29, 0.717) is 12.8 Å². The molecule has 41 nitrogen and oxygen atoms in total. The van der Waals surface area contributed by atoms with Crippen molar-refractivity contribution in [3.63, 3.8) is 0 Å². The average molecular weight is 1880 g/mol. The summed E-state index contributed by atoms with van der Waals surface area (Å²) in [4.78, 5) is 92.3. The zero-order valence-corrected chi connectivity index (χ0v) is 76.4. The number of aliphatic carboxylic acids is 3. The summed E-state index contributed by atoms with van der Waals surface area (Å²) in [6, 6.07) is -7.03. The fourth-order valence-corrected chi connectivity index (χ4v) is 17.5. The zero-order valence-electron chi connectivity index (χ0n) is 76.4. The zero-order chi connectivity index (χ0) is 96.3. The van der Waals surface area contributed by atoms with Gasteiger partial charge in [0.1, 0.15) is 104 Å². The van der Waals surface area contributed by atoms with E-state index in [4.69, 9.17) is 47.4 Å². The fraction of sp³-hybridized carbons (Fsp3) is 0.899. The Balaban J connectivity index is 1.30. The van der Waals surface area contributed by atoms with E-state index < -0.39 is 283 Å². The second-order valence-corrected chi connectivity index (χ2v) is 35.7. The Hall–Kier alpha value is -5.05. The molecule has 0 aromatic carbocycles. The first-order valence-electron chi connectivity index (χ1n) is 47.3. The van der Waals surface area contributed by atoms with Gasteiger partial charge in [0.2, 0.25) is 23.6 Å². The SMILES string of the molecule is CCCCCCCCCCCCCC=CC(O)C(COC1OC(CO)C(OC2OC(CO)C(O)C(OC3(C(=O)O)CC(O)C(NC(C)=O)C(C(O)C(CO)OC4(C(=O)O)CC(O)C(NC(C)=O)C(C(O)C(CO)OC5(C(=O)O)CC(O)C(NC(C)=O)C(C(O)C(O)CO)O5)O4)O3)C2O)C(O)C1O)NC(=O)CCCCCCCCCCCCCCCCCCCCCCCCC. The predicted octanol–water partition coefficient (Wildman–Crippen LogP) is 0.634. The molecule has 24 N–H and O–H groups in total. The molecule has 30 atom stereocenters. The van der Waals surface area contributed by atoms with E-state index >= 15 is 0 Å². The van der Waals surface area contributed by atoms with Crippen molar-refractivity contribution in [1.29, 1.82) is 0 Å². The molecule has 41 heteroatoms. The van der Waals surface area contributed by atoms with Gasteiger partial charge < -0.3 is 171 Å². The van der Waals surface area contributed by atoms with Crippen LogP contribution in [0.3, 0.4) is 0 Å². The van der Waals surface area contributed by atoms with E-state index in [-0.39, 0.29) is 6.42 Å². The van der Waals surface area contributed by atoms with E-state index in [9.17, 15) is 136 Å². The molecule has 5 saturated heterocycles. The first-order valence-corrected chi connectivity index (χ1v) is 47.3. The fourth-order valence-electron chi connectivity index (χ4n) is 17.5. The lowest BCUT2D eigenvalue weighted by Crippen LogP contribution is -2.72. The van der Waals surface area contributed by atoms with E-state index in [1.54, 1.807) is 6.08 Å². The second kappa shape index (κ2) is 60.5. The van der Waals surface area contributed by atoms with Gasteiger partial charge in [-0.3, -0.25) is 19.2 Å². The largest absolute Gasteiger partial charge is 0.477 e. The molecule has 0 bridgehead atoms. The average Bonchev–Trinajstić information content (AvgIpc) is 0.746. The summed E-state index contributed by atoms with van der Waals surface area (Å²) in [5, 5.41) is 235. The van der Waals surface area contributed by atoms with Gasteiger partial charge in [0.05, 0.1) is 88.2 Å². The summed E-state index contributed by atoms with van der Waals surface area (Å²) >= 11 is 0. The van der Waals surface area contributed by atoms with Crippen LogP contribution in [0.5, 0.6) is 0 Å². The van der Waals surface area contributed by atoms with E-state index in [2.05, 4.69) is 35.1 Å². The molecule has 0 radical (unpaired) electrons. The van der Waals surface area contributed by atoms with Crippen molar-refractivity contribution in [1.82, 2.24) is 21.3 Å². The molecule has 5 aliphatic heterocycles. The number of hydrogen-bond acceptors (Lipinski definition) is 34. The topological polar surface area (TPSA) is 665 Å². The molecule has 4 amide bonds. The van der Waals surface area contributed by atoms with Crippen LogP contribution in [0.4, 0.5) is 0 Å². The van der Waals surface area contributed by atoms with E-state index in [1.165, 1.54) is 154 Å². The molecule has 5 rings (SSSR count). The third-order valence-corrected chi connectivity index (χ3v) is 25.0. The van der Waals surface area contributed by atoms with Gasteiger partial charge in [0, 0.05) is 46.5 Å². The highest BCUT2D eigenvalue weighted by atomic mass is 16.8. The molecule has 30 unspecified atom stereocenters. The normalized spacial score (nSPS) is 31.5. The Morgan fingerprint density at radius 1 is 0.415 bits per heavy atom. The Morgan fingerprint density at radius 3 is 1.13 bits per heavy atom. The summed E-state index contributed by atoms with van der Waals surface area (Å²) in [5.74, 6) is -20.6. The maximum absolute atomic E-state index is 13.9. The Kier molecular flexibility index (Phi) is 53.7. The number of allylic oxidation sites excluding steroid dienone is 1. The van der Waals surface area contributed by atoms with Gasteiger partial charge in [-0.2, -0.15) is 0 Å². The molecular weight excluding hydrogens is 1720 g/mol. The minimum atomic E-state index is -3.58. The van der Waals surface area contributed by atoms with Gasteiger partial charge in [-0.25, -0.2) is 14.4 Å². The van der Waals surface area contributed by atoms with Crippen molar-refractivity contribution in [2.75, 3.05) is 39.6 Å². The van der Waals surface area contributed by atoms with Crippen LogP contribution in [-0.4, -0.2) is 366 Å². The summed E-state index contributed by atoms with van der Waals surface area (Å²) in [6.45, 7) is -0.0348. The predicted molar refractivity (Wildman–Crippen MR) is 461 cm³/mol. The van der Waals surface area contributed by atoms with E-state index in [0.717, 1.165) is 85.0 Å². The molecular formula is C89H158N4O37. The van der Waals surface area contributed by atoms with Gasteiger partial charge in [0.25, 0.3) is 17.4 Å². The molecule has 0 spiro atoms. The van der Waals surface area contributed by atoms with Crippen molar-refractivity contribution in [2.24, 2.45) is 0 Å². The Bertz CT molecular complexity index is 3250. The molecule has 5 fully saturated rings. The van der Waals surface area contributed by atoms with Crippen LogP contribution in [0.25, 0.3) is 0 Å². The number of carbonyl (C=O) groups excluding carboxylic acids is 4. The smallest absolute Gasteiger partial charge is 0.364 e. The van der Waals surface area contributed by atoms with Crippen LogP contribution in [0.2, 0.25) is 0 Å². The third kappa shape index (κ3) is 36.1. The maximum atomic E-state index is 13.9. The van der Waals surface area contributed by atoms with Gasteiger partial charge in [-0.05, 0) is 19.3 Å². The van der Waals surface area contributed by atoms with Gasteiger partial charge in [-0.1, -0.05) is 231 Å². The first kappa shape index (κ1) is 115. The number of carboxylic acid groups (broad SMARTS) is 3. The number of ether oxygens (including phenoxy) is 10. The molecule has 5 aliphatic rings. The van der Waals surface area contributed by atoms with Crippen molar-refractivity contribution in [2.45, 2.75) is 467 Å². The minimum absolute atomic E-state index is 0.123. The molecule has 0 aliphatic carbocycles. The van der Waals surface area contributed by atoms with Crippen molar-refractivity contribution >= 4 is 41.5 Å². The quantitative estimate of drug-likeness (QED) is 0.0293. The molecule has 0 aromatic heterocycles.